The van der Waals surface area contributed by atoms with Crippen molar-refractivity contribution in [2.24, 2.45) is 5.73 Å². The first-order chi connectivity index (χ1) is 12.4. The molecule has 1 aliphatic heterocycles. The molecule has 0 aliphatic carbocycles. The Kier molecular flexibility index (Phi) is 9.67. The van der Waals surface area contributed by atoms with Crippen molar-refractivity contribution in [3.05, 3.63) is 24.3 Å². The topological polar surface area (TPSA) is 131 Å². The van der Waals surface area contributed by atoms with Crippen molar-refractivity contribution in [2.75, 3.05) is 44.7 Å². The second-order valence-corrected chi connectivity index (χ2v) is 7.52. The van der Waals surface area contributed by atoms with Gasteiger partial charge in [-0.2, -0.15) is 0 Å². The van der Waals surface area contributed by atoms with Crippen LogP contribution in [-0.4, -0.2) is 64.5 Å². The summed E-state index contributed by atoms with van der Waals surface area (Å²) in [6.07, 6.45) is 0.125. The Balaban J connectivity index is 0.00000364. The number of sulfonamides is 1. The molecule has 0 atom stereocenters. The zero-order valence-corrected chi connectivity index (χ0v) is 16.5. The smallest absolute Gasteiger partial charge is 0.240 e. The number of hydrogen-bond donors (Lipinski definition) is 3. The van der Waals surface area contributed by atoms with Crippen LogP contribution in [0, 0.1) is 0 Å². The molecule has 9 nitrogen and oxygen atoms in total. The molecule has 1 fully saturated rings. The highest BCUT2D eigenvalue weighted by molar-refractivity contribution is 7.89. The number of halogens is 1. The minimum Gasteiger partial charge on any atom is -0.378 e. The maximum absolute atomic E-state index is 12.1. The van der Waals surface area contributed by atoms with Gasteiger partial charge in [0.25, 0.3) is 0 Å². The molecule has 1 aliphatic rings. The van der Waals surface area contributed by atoms with E-state index in [1.165, 1.54) is 18.2 Å². The molecule has 1 aromatic rings. The monoisotopic (exact) mass is 420 g/mol. The van der Waals surface area contributed by atoms with Crippen LogP contribution in [0.3, 0.4) is 0 Å². The Hall–Kier alpha value is -1.72. The molecular formula is C16H25ClN4O5S. The van der Waals surface area contributed by atoms with Crippen LogP contribution in [-0.2, 0) is 24.3 Å². The highest BCUT2D eigenvalue weighted by Gasteiger charge is 2.18. The standard InChI is InChI=1S/C16H24N4O5S.ClH/c17-6-7-18-26(23,24)14-3-1-2-13(12-14)19-15(21)4-5-16(22)20-8-10-25-11-9-20;/h1-3,12,18H,4-11,17H2,(H,19,21);1H. The molecule has 0 spiro atoms. The van der Waals surface area contributed by atoms with Crippen molar-refractivity contribution >= 4 is 39.9 Å². The molecule has 11 heteroatoms. The van der Waals surface area contributed by atoms with Crippen molar-refractivity contribution in [3.8, 4) is 0 Å². The number of benzene rings is 1. The number of nitrogens with two attached hydrogens (primary N) is 1. The van der Waals surface area contributed by atoms with E-state index in [0.29, 0.717) is 32.0 Å². The molecule has 1 heterocycles. The number of rotatable bonds is 8. The Labute approximate surface area is 165 Å². The van der Waals surface area contributed by atoms with Crippen molar-refractivity contribution in [1.82, 2.24) is 9.62 Å². The zero-order chi connectivity index (χ0) is 19.0. The third-order valence-corrected chi connectivity index (χ3v) is 5.25. The number of ether oxygens (including phenoxy) is 1. The van der Waals surface area contributed by atoms with Gasteiger partial charge in [-0.25, -0.2) is 13.1 Å². The fraction of sp³-hybridized carbons (Fsp3) is 0.500. The van der Waals surface area contributed by atoms with E-state index in [9.17, 15) is 18.0 Å². The van der Waals surface area contributed by atoms with Gasteiger partial charge >= 0.3 is 0 Å². The van der Waals surface area contributed by atoms with Crippen LogP contribution < -0.4 is 15.8 Å². The van der Waals surface area contributed by atoms with Crippen molar-refractivity contribution in [2.45, 2.75) is 17.7 Å². The maximum atomic E-state index is 12.1. The van der Waals surface area contributed by atoms with E-state index in [2.05, 4.69) is 10.0 Å². The summed E-state index contributed by atoms with van der Waals surface area (Å²) in [5, 5.41) is 2.62. The van der Waals surface area contributed by atoms with Gasteiger partial charge in [-0.05, 0) is 18.2 Å². The third kappa shape index (κ3) is 7.43. The molecule has 0 radical (unpaired) electrons. The minimum atomic E-state index is -3.67. The Morgan fingerprint density at radius 2 is 1.89 bits per heavy atom. The lowest BCUT2D eigenvalue weighted by molar-refractivity contribution is -0.136. The van der Waals surface area contributed by atoms with Gasteiger partial charge in [0, 0.05) is 44.7 Å². The fourth-order valence-corrected chi connectivity index (χ4v) is 3.53. The summed E-state index contributed by atoms with van der Waals surface area (Å²) in [4.78, 5) is 25.8. The molecule has 0 saturated carbocycles. The van der Waals surface area contributed by atoms with E-state index < -0.39 is 10.0 Å². The van der Waals surface area contributed by atoms with Gasteiger partial charge in [-0.15, -0.1) is 12.4 Å². The predicted molar refractivity (Wildman–Crippen MR) is 103 cm³/mol. The molecule has 4 N–H and O–H groups in total. The van der Waals surface area contributed by atoms with Crippen LogP contribution >= 0.6 is 12.4 Å². The van der Waals surface area contributed by atoms with Gasteiger partial charge in [0.15, 0.2) is 0 Å². The molecule has 27 heavy (non-hydrogen) atoms. The summed E-state index contributed by atoms with van der Waals surface area (Å²) in [5.41, 5.74) is 5.65. The predicted octanol–water partition coefficient (Wildman–Crippen LogP) is -0.0771. The number of nitrogens with one attached hydrogen (secondary N) is 2. The number of carbonyl (C=O) groups is 2. The summed E-state index contributed by atoms with van der Waals surface area (Å²) < 4.78 is 31.7. The van der Waals surface area contributed by atoms with E-state index in [4.69, 9.17) is 10.5 Å². The van der Waals surface area contributed by atoms with Crippen molar-refractivity contribution in [1.29, 1.82) is 0 Å². The SMILES string of the molecule is Cl.NCCNS(=O)(=O)c1cccc(NC(=O)CCC(=O)N2CCOCC2)c1. The van der Waals surface area contributed by atoms with Crippen LogP contribution in [0.25, 0.3) is 0 Å². The number of morpholine rings is 1. The number of hydrogen-bond acceptors (Lipinski definition) is 6. The van der Waals surface area contributed by atoms with E-state index in [1.807, 2.05) is 0 Å². The lowest BCUT2D eigenvalue weighted by atomic mass is 10.2. The largest absolute Gasteiger partial charge is 0.378 e. The first-order valence-electron chi connectivity index (χ1n) is 8.37. The van der Waals surface area contributed by atoms with Gasteiger partial charge in [0.2, 0.25) is 21.8 Å². The number of amides is 2. The highest BCUT2D eigenvalue weighted by atomic mass is 35.5. The molecule has 2 amide bonds. The van der Waals surface area contributed by atoms with Crippen LogP contribution in [0.2, 0.25) is 0 Å². The number of nitrogens with zero attached hydrogens (tertiary/aromatic N) is 1. The van der Waals surface area contributed by atoms with Gasteiger partial charge in [-0.3, -0.25) is 9.59 Å². The van der Waals surface area contributed by atoms with E-state index in [0.717, 1.165) is 0 Å². The second-order valence-electron chi connectivity index (χ2n) is 5.76. The summed E-state index contributed by atoms with van der Waals surface area (Å²) in [5.74, 6) is -0.443. The van der Waals surface area contributed by atoms with E-state index >= 15 is 0 Å². The molecule has 1 aromatic carbocycles. The molecule has 0 bridgehead atoms. The van der Waals surface area contributed by atoms with Crippen LogP contribution in [0.5, 0.6) is 0 Å². The van der Waals surface area contributed by atoms with Crippen molar-refractivity contribution in [3.63, 3.8) is 0 Å². The van der Waals surface area contributed by atoms with E-state index in [1.54, 1.807) is 11.0 Å². The van der Waals surface area contributed by atoms with Crippen LogP contribution in [0.4, 0.5) is 5.69 Å². The maximum Gasteiger partial charge on any atom is 0.240 e. The summed E-state index contributed by atoms with van der Waals surface area (Å²) in [6, 6.07) is 5.91. The molecule has 152 valence electrons. The van der Waals surface area contributed by atoms with Gasteiger partial charge in [0.05, 0.1) is 18.1 Å². The molecule has 2 rings (SSSR count). The minimum absolute atomic E-state index is 0. The lowest BCUT2D eigenvalue weighted by Crippen LogP contribution is -2.40. The first kappa shape index (κ1) is 23.3. The van der Waals surface area contributed by atoms with Gasteiger partial charge < -0.3 is 20.7 Å². The quantitative estimate of drug-likeness (QED) is 0.539. The van der Waals surface area contributed by atoms with Crippen LogP contribution in [0.1, 0.15) is 12.8 Å². The number of carbonyl (C=O) groups excluding carboxylic acids is 2. The summed E-state index contributed by atoms with van der Waals surface area (Å²) in [6.45, 7) is 2.41. The third-order valence-electron chi connectivity index (χ3n) is 3.79. The molecule has 1 saturated heterocycles. The normalized spacial score (nSPS) is 14.3. The molecule has 0 unspecified atom stereocenters. The van der Waals surface area contributed by atoms with Gasteiger partial charge in [-0.1, -0.05) is 6.07 Å². The second kappa shape index (κ2) is 11.2. The first-order valence-corrected chi connectivity index (χ1v) is 9.86. The average molecular weight is 421 g/mol. The molecule has 0 aromatic heterocycles. The van der Waals surface area contributed by atoms with Gasteiger partial charge in [0.1, 0.15) is 0 Å². The highest BCUT2D eigenvalue weighted by Crippen LogP contribution is 2.16. The summed E-state index contributed by atoms with van der Waals surface area (Å²) in [7, 11) is -3.67. The lowest BCUT2D eigenvalue weighted by Gasteiger charge is -2.26. The average Bonchev–Trinajstić information content (AvgIpc) is 2.65. The molecular weight excluding hydrogens is 396 g/mol. The van der Waals surface area contributed by atoms with Crippen molar-refractivity contribution < 1.29 is 22.7 Å². The number of anilines is 1. The summed E-state index contributed by atoms with van der Waals surface area (Å²) >= 11 is 0. The Morgan fingerprint density at radius 3 is 2.56 bits per heavy atom. The van der Waals surface area contributed by atoms with E-state index in [-0.39, 0.29) is 55.0 Å². The van der Waals surface area contributed by atoms with Crippen LogP contribution in [0.15, 0.2) is 29.2 Å². The zero-order valence-electron chi connectivity index (χ0n) is 14.8. The Bertz CT molecular complexity index is 738. The Morgan fingerprint density at radius 1 is 1.19 bits per heavy atom. The fourth-order valence-electron chi connectivity index (χ4n) is 2.43.